The van der Waals surface area contributed by atoms with Gasteiger partial charge in [0.2, 0.25) is 0 Å². The van der Waals surface area contributed by atoms with Crippen LogP contribution in [0.3, 0.4) is 0 Å². The number of carboxylic acids is 1. The monoisotopic (exact) mass is 400 g/mol. The number of nitrogens with zero attached hydrogens (tertiary/aromatic N) is 2. The maximum Gasteiger partial charge on any atom is 0.317 e. The SMILES string of the molecule is C[C@@H]1CN(CC(=O)O)CCN1[C@H](c1ccccc1)c1ccc(-c2ccccc2)cc1. The molecule has 1 aliphatic rings. The van der Waals surface area contributed by atoms with Crippen LogP contribution in [0.15, 0.2) is 84.9 Å². The zero-order chi connectivity index (χ0) is 20.9. The third kappa shape index (κ3) is 4.61. The fraction of sp³-hybridized carbons (Fsp3) is 0.269. The van der Waals surface area contributed by atoms with Crippen molar-refractivity contribution in [3.63, 3.8) is 0 Å². The first-order chi connectivity index (χ1) is 14.6. The number of carboxylic acid groups (broad SMARTS) is 1. The standard InChI is InChI=1S/C26H28N2O2/c1-20-18-27(19-25(29)30)16-17-28(20)26(23-10-6-3-7-11-23)24-14-12-22(13-15-24)21-8-4-2-5-9-21/h2-15,20,26H,16-19H2,1H3,(H,29,30)/t20-,26-/m1/s1. The van der Waals surface area contributed by atoms with Crippen LogP contribution < -0.4 is 0 Å². The molecule has 4 nitrogen and oxygen atoms in total. The minimum Gasteiger partial charge on any atom is -0.480 e. The Morgan fingerprint density at radius 3 is 2.03 bits per heavy atom. The van der Waals surface area contributed by atoms with Crippen LogP contribution in [0.2, 0.25) is 0 Å². The van der Waals surface area contributed by atoms with Crippen LogP contribution in [-0.2, 0) is 4.79 Å². The van der Waals surface area contributed by atoms with E-state index in [2.05, 4.69) is 84.6 Å². The minimum atomic E-state index is -0.758. The number of benzene rings is 3. The van der Waals surface area contributed by atoms with Gasteiger partial charge in [-0.05, 0) is 29.2 Å². The average molecular weight is 401 g/mol. The summed E-state index contributed by atoms with van der Waals surface area (Å²) in [6, 6.07) is 30.3. The normalized spacial score (nSPS) is 18.8. The van der Waals surface area contributed by atoms with Gasteiger partial charge in [0.25, 0.3) is 0 Å². The van der Waals surface area contributed by atoms with E-state index in [0.29, 0.717) is 0 Å². The summed E-state index contributed by atoms with van der Waals surface area (Å²) in [5, 5.41) is 9.15. The molecule has 0 saturated carbocycles. The van der Waals surface area contributed by atoms with Crippen LogP contribution in [0.25, 0.3) is 11.1 Å². The zero-order valence-corrected chi connectivity index (χ0v) is 17.3. The Labute approximate surface area is 178 Å². The Kier molecular flexibility index (Phi) is 6.26. The molecule has 0 aromatic heterocycles. The van der Waals surface area contributed by atoms with Gasteiger partial charge in [-0.3, -0.25) is 14.6 Å². The number of aliphatic carboxylic acids is 1. The van der Waals surface area contributed by atoms with Gasteiger partial charge in [-0.25, -0.2) is 0 Å². The second-order valence-corrected chi connectivity index (χ2v) is 8.02. The summed E-state index contributed by atoms with van der Waals surface area (Å²) in [6.07, 6.45) is 0. The fourth-order valence-electron chi connectivity index (χ4n) is 4.46. The molecule has 154 valence electrons. The van der Waals surface area contributed by atoms with Crippen LogP contribution >= 0.6 is 0 Å². The molecule has 0 aliphatic carbocycles. The quantitative estimate of drug-likeness (QED) is 0.660. The molecule has 4 rings (SSSR count). The van der Waals surface area contributed by atoms with Gasteiger partial charge in [0.15, 0.2) is 0 Å². The highest BCUT2D eigenvalue weighted by Crippen LogP contribution is 2.33. The number of hydrogen-bond donors (Lipinski definition) is 1. The van der Waals surface area contributed by atoms with E-state index >= 15 is 0 Å². The summed E-state index contributed by atoms with van der Waals surface area (Å²) in [4.78, 5) is 15.7. The van der Waals surface area contributed by atoms with Gasteiger partial charge in [0.1, 0.15) is 0 Å². The predicted molar refractivity (Wildman–Crippen MR) is 120 cm³/mol. The molecular weight excluding hydrogens is 372 g/mol. The van der Waals surface area contributed by atoms with Crippen LogP contribution in [-0.4, -0.2) is 53.1 Å². The molecule has 0 amide bonds. The Hall–Kier alpha value is -2.95. The number of piperazine rings is 1. The molecule has 2 atom stereocenters. The molecule has 0 bridgehead atoms. The van der Waals surface area contributed by atoms with Crippen molar-refractivity contribution in [3.05, 3.63) is 96.1 Å². The average Bonchev–Trinajstić information content (AvgIpc) is 2.77. The third-order valence-electron chi connectivity index (χ3n) is 5.90. The predicted octanol–water partition coefficient (Wildman–Crippen LogP) is 4.53. The van der Waals surface area contributed by atoms with Crippen LogP contribution in [0.5, 0.6) is 0 Å². The van der Waals surface area contributed by atoms with E-state index < -0.39 is 5.97 Å². The molecule has 1 heterocycles. The summed E-state index contributed by atoms with van der Waals surface area (Å²) < 4.78 is 0. The van der Waals surface area contributed by atoms with Crippen molar-refractivity contribution in [1.82, 2.24) is 9.80 Å². The Bertz CT molecular complexity index is 957. The van der Waals surface area contributed by atoms with Crippen molar-refractivity contribution in [2.24, 2.45) is 0 Å². The van der Waals surface area contributed by atoms with Gasteiger partial charge in [-0.2, -0.15) is 0 Å². The minimum absolute atomic E-state index is 0.111. The Morgan fingerprint density at radius 1 is 0.867 bits per heavy atom. The maximum atomic E-state index is 11.1. The van der Waals surface area contributed by atoms with E-state index in [1.165, 1.54) is 22.3 Å². The number of hydrogen-bond acceptors (Lipinski definition) is 3. The van der Waals surface area contributed by atoms with Gasteiger partial charge in [-0.15, -0.1) is 0 Å². The Morgan fingerprint density at radius 2 is 1.43 bits per heavy atom. The largest absolute Gasteiger partial charge is 0.480 e. The lowest BCUT2D eigenvalue weighted by molar-refractivity contribution is -0.139. The van der Waals surface area contributed by atoms with Crippen LogP contribution in [0.4, 0.5) is 0 Å². The van der Waals surface area contributed by atoms with E-state index in [1.54, 1.807) is 0 Å². The molecule has 0 unspecified atom stereocenters. The van der Waals surface area contributed by atoms with Gasteiger partial charge >= 0.3 is 5.97 Å². The van der Waals surface area contributed by atoms with Crippen molar-refractivity contribution < 1.29 is 9.90 Å². The van der Waals surface area contributed by atoms with E-state index in [4.69, 9.17) is 5.11 Å². The summed E-state index contributed by atoms with van der Waals surface area (Å²) in [5.74, 6) is -0.758. The molecule has 3 aromatic rings. The molecule has 1 saturated heterocycles. The van der Waals surface area contributed by atoms with E-state index in [1.807, 2.05) is 17.0 Å². The first kappa shape index (κ1) is 20.3. The van der Waals surface area contributed by atoms with E-state index in [9.17, 15) is 4.79 Å². The van der Waals surface area contributed by atoms with Crippen molar-refractivity contribution in [1.29, 1.82) is 0 Å². The lowest BCUT2D eigenvalue weighted by atomic mass is 9.93. The molecule has 1 N–H and O–H groups in total. The summed E-state index contributed by atoms with van der Waals surface area (Å²) in [7, 11) is 0. The van der Waals surface area contributed by atoms with Crippen LogP contribution in [0.1, 0.15) is 24.1 Å². The lowest BCUT2D eigenvalue weighted by Gasteiger charge is -2.44. The molecule has 1 aliphatic heterocycles. The van der Waals surface area contributed by atoms with Gasteiger partial charge < -0.3 is 5.11 Å². The molecule has 30 heavy (non-hydrogen) atoms. The number of carbonyl (C=O) groups is 1. The van der Waals surface area contributed by atoms with Crippen molar-refractivity contribution in [3.8, 4) is 11.1 Å². The van der Waals surface area contributed by atoms with Crippen molar-refractivity contribution in [2.75, 3.05) is 26.2 Å². The van der Waals surface area contributed by atoms with E-state index in [0.717, 1.165) is 19.6 Å². The summed E-state index contributed by atoms with van der Waals surface area (Å²) in [5.41, 5.74) is 4.96. The molecule has 0 radical (unpaired) electrons. The van der Waals surface area contributed by atoms with Gasteiger partial charge in [0, 0.05) is 25.7 Å². The fourth-order valence-corrected chi connectivity index (χ4v) is 4.46. The highest BCUT2D eigenvalue weighted by Gasteiger charge is 2.31. The van der Waals surface area contributed by atoms with Gasteiger partial charge in [-0.1, -0.05) is 84.9 Å². The molecule has 0 spiro atoms. The lowest BCUT2D eigenvalue weighted by Crippen LogP contribution is -2.54. The maximum absolute atomic E-state index is 11.1. The first-order valence-corrected chi connectivity index (χ1v) is 10.5. The second-order valence-electron chi connectivity index (χ2n) is 8.02. The zero-order valence-electron chi connectivity index (χ0n) is 17.3. The Balaban J connectivity index is 1.62. The second kappa shape index (κ2) is 9.24. The highest BCUT2D eigenvalue weighted by atomic mass is 16.4. The molecule has 4 heteroatoms. The molecular formula is C26H28N2O2. The van der Waals surface area contributed by atoms with Crippen molar-refractivity contribution >= 4 is 5.97 Å². The summed E-state index contributed by atoms with van der Waals surface area (Å²) >= 11 is 0. The first-order valence-electron chi connectivity index (χ1n) is 10.5. The van der Waals surface area contributed by atoms with Gasteiger partial charge in [0.05, 0.1) is 12.6 Å². The third-order valence-corrected chi connectivity index (χ3v) is 5.90. The summed E-state index contributed by atoms with van der Waals surface area (Å²) in [6.45, 7) is 4.68. The molecule has 1 fully saturated rings. The topological polar surface area (TPSA) is 43.8 Å². The smallest absolute Gasteiger partial charge is 0.317 e. The van der Waals surface area contributed by atoms with Crippen LogP contribution in [0, 0.1) is 0 Å². The van der Waals surface area contributed by atoms with Crippen molar-refractivity contribution in [2.45, 2.75) is 19.0 Å². The van der Waals surface area contributed by atoms with E-state index in [-0.39, 0.29) is 18.6 Å². The number of rotatable bonds is 6. The highest BCUT2D eigenvalue weighted by molar-refractivity contribution is 5.69. The molecule has 3 aromatic carbocycles.